The van der Waals surface area contributed by atoms with Crippen molar-refractivity contribution in [1.82, 2.24) is 25.0 Å². The highest BCUT2D eigenvalue weighted by molar-refractivity contribution is 5.78. The van der Waals surface area contributed by atoms with E-state index in [1.54, 1.807) is 51.1 Å². The Morgan fingerprint density at radius 3 is 2.31 bits per heavy atom. The Morgan fingerprint density at radius 1 is 1.00 bits per heavy atom. The Hall–Kier alpha value is -4.10. The summed E-state index contributed by atoms with van der Waals surface area (Å²) in [5.41, 5.74) is -0.492. The van der Waals surface area contributed by atoms with E-state index in [0.717, 1.165) is 10.1 Å². The Morgan fingerprint density at radius 2 is 1.67 bits per heavy atom. The number of fused-ring (bicyclic) bond motifs is 1. The highest BCUT2D eigenvalue weighted by atomic mass is 19.4. The predicted molar refractivity (Wildman–Crippen MR) is 137 cm³/mol. The van der Waals surface area contributed by atoms with Gasteiger partial charge >= 0.3 is 12.3 Å². The maximum absolute atomic E-state index is 14.5. The van der Waals surface area contributed by atoms with Gasteiger partial charge in [-0.25, -0.2) is 18.0 Å². The zero-order valence-electron chi connectivity index (χ0n) is 23.0. The molecule has 0 unspecified atom stereocenters. The molecule has 1 aliphatic rings. The number of hydrogen-bond donors (Lipinski definition) is 1. The fourth-order valence-electron chi connectivity index (χ4n) is 4.79. The second kappa shape index (κ2) is 12.0. The van der Waals surface area contributed by atoms with Crippen molar-refractivity contribution in [1.29, 1.82) is 0 Å². The lowest BCUT2D eigenvalue weighted by atomic mass is 9.99. The summed E-state index contributed by atoms with van der Waals surface area (Å²) in [6.07, 6.45) is -6.43. The Balaban J connectivity index is 1.64. The van der Waals surface area contributed by atoms with Crippen molar-refractivity contribution in [2.75, 3.05) is 6.54 Å². The largest absolute Gasteiger partial charge is 0.451 e. The molecule has 226 valence electrons. The molecular weight excluding hydrogens is 568 g/mol. The minimum Gasteiger partial charge on any atom is -0.444 e. The lowest BCUT2D eigenvalue weighted by molar-refractivity contribution is -0.148. The number of alkyl halides is 3. The summed E-state index contributed by atoms with van der Waals surface area (Å²) in [6.45, 7) is 4.44. The van der Waals surface area contributed by atoms with E-state index >= 15 is 0 Å². The quantitative estimate of drug-likeness (QED) is 0.293. The van der Waals surface area contributed by atoms with Crippen LogP contribution in [0.15, 0.2) is 42.5 Å². The third kappa shape index (κ3) is 7.39. The number of rotatable bonds is 7. The van der Waals surface area contributed by atoms with Crippen LogP contribution in [0.4, 0.5) is 31.1 Å². The lowest BCUT2D eigenvalue weighted by Gasteiger charge is -2.37. The highest BCUT2D eigenvalue weighted by Gasteiger charge is 2.43. The smallest absolute Gasteiger partial charge is 0.444 e. The van der Waals surface area contributed by atoms with Gasteiger partial charge in [0.25, 0.3) is 0 Å². The molecular formula is C28H29F6N5O3. The van der Waals surface area contributed by atoms with Crippen LogP contribution in [0.25, 0.3) is 0 Å². The molecule has 4 rings (SSSR count). The second-order valence-corrected chi connectivity index (χ2v) is 10.9. The number of halogens is 6. The van der Waals surface area contributed by atoms with Gasteiger partial charge in [-0.1, -0.05) is 30.3 Å². The first-order valence-electron chi connectivity index (χ1n) is 13.1. The molecule has 2 heterocycles. The van der Waals surface area contributed by atoms with E-state index in [1.807, 2.05) is 0 Å². The van der Waals surface area contributed by atoms with Gasteiger partial charge in [0, 0.05) is 38.0 Å². The van der Waals surface area contributed by atoms with Gasteiger partial charge in [-0.15, -0.1) is 10.2 Å². The molecule has 1 N–H and O–H groups in total. The van der Waals surface area contributed by atoms with Gasteiger partial charge in [0.05, 0.1) is 6.04 Å². The number of amides is 2. The highest BCUT2D eigenvalue weighted by Crippen LogP contribution is 2.35. The zero-order valence-corrected chi connectivity index (χ0v) is 23.0. The predicted octanol–water partition coefficient (Wildman–Crippen LogP) is 5.37. The molecule has 0 saturated heterocycles. The molecule has 2 amide bonds. The van der Waals surface area contributed by atoms with Crippen LogP contribution in [0.3, 0.4) is 0 Å². The summed E-state index contributed by atoms with van der Waals surface area (Å²) >= 11 is 0. The van der Waals surface area contributed by atoms with Crippen LogP contribution in [-0.4, -0.2) is 49.9 Å². The Kier molecular flexibility index (Phi) is 8.83. The summed E-state index contributed by atoms with van der Waals surface area (Å²) < 4.78 is 88.9. The minimum atomic E-state index is -4.76. The van der Waals surface area contributed by atoms with Crippen LogP contribution < -0.4 is 5.32 Å². The molecule has 0 fully saturated rings. The van der Waals surface area contributed by atoms with Gasteiger partial charge < -0.3 is 19.5 Å². The molecule has 0 spiro atoms. The molecule has 2 atom stereocenters. The number of carbonyl (C=O) groups excluding carboxylic acids is 2. The Bertz CT molecular complexity index is 1440. The first kappa shape index (κ1) is 30.8. The summed E-state index contributed by atoms with van der Waals surface area (Å²) in [6, 6.07) is 7.67. The second-order valence-electron chi connectivity index (χ2n) is 10.9. The Labute approximate surface area is 237 Å². The minimum absolute atomic E-state index is 0.0610. The molecule has 1 aromatic heterocycles. The van der Waals surface area contributed by atoms with Gasteiger partial charge in [0.1, 0.15) is 11.4 Å². The van der Waals surface area contributed by atoms with Crippen molar-refractivity contribution in [2.24, 2.45) is 0 Å². The van der Waals surface area contributed by atoms with E-state index in [2.05, 4.69) is 15.5 Å². The van der Waals surface area contributed by atoms with Crippen molar-refractivity contribution in [3.63, 3.8) is 0 Å². The van der Waals surface area contributed by atoms with Crippen molar-refractivity contribution < 1.29 is 40.7 Å². The number of hydrogen-bond acceptors (Lipinski definition) is 5. The monoisotopic (exact) mass is 597 g/mol. The van der Waals surface area contributed by atoms with Gasteiger partial charge in [0.2, 0.25) is 11.7 Å². The molecule has 14 heteroatoms. The van der Waals surface area contributed by atoms with Crippen molar-refractivity contribution >= 4 is 12.0 Å². The summed E-state index contributed by atoms with van der Waals surface area (Å²) in [7, 11) is 0. The first-order valence-corrected chi connectivity index (χ1v) is 13.1. The SMILES string of the molecule is CC(C)(C)OC(=O)N[C@@H](CC(=O)N1CCn2c(nnc2C(F)(F)F)[C@H]1Cc1ccccc1)Cc1cc(F)c(F)cc1F. The van der Waals surface area contributed by atoms with E-state index in [-0.39, 0.29) is 30.9 Å². The number of carbonyl (C=O) groups is 2. The van der Waals surface area contributed by atoms with Gasteiger partial charge in [0.15, 0.2) is 17.5 Å². The molecule has 0 radical (unpaired) electrons. The van der Waals surface area contributed by atoms with E-state index < -0.39 is 72.0 Å². The number of nitrogens with zero attached hydrogens (tertiary/aromatic N) is 4. The van der Waals surface area contributed by atoms with Gasteiger partial charge in [-0.05, 0) is 44.4 Å². The van der Waals surface area contributed by atoms with Crippen LogP contribution >= 0.6 is 0 Å². The van der Waals surface area contributed by atoms with Gasteiger partial charge in [-0.3, -0.25) is 4.79 Å². The topological polar surface area (TPSA) is 89.4 Å². The molecule has 1 aliphatic heterocycles. The third-order valence-corrected chi connectivity index (χ3v) is 6.56. The van der Waals surface area contributed by atoms with Gasteiger partial charge in [-0.2, -0.15) is 13.2 Å². The fraction of sp³-hybridized carbons (Fsp3) is 0.429. The van der Waals surface area contributed by atoms with Crippen LogP contribution in [0.1, 0.15) is 56.0 Å². The molecule has 0 aliphatic carbocycles. The van der Waals surface area contributed by atoms with Crippen molar-refractivity contribution in [3.05, 3.63) is 82.7 Å². The standard InChI is InChI=1S/C28H29F6N5O3/c1-27(2,3)42-26(41)35-18(12-17-13-20(30)21(31)15-19(17)29)14-23(40)38-9-10-39-24(36-37-25(39)28(32,33)34)22(38)11-16-7-5-4-6-8-16/h4-8,13,15,18,22H,9-12,14H2,1-3H3,(H,35,41)/t18-,22-/m1/s1. The normalized spacial score (nSPS) is 16.1. The maximum atomic E-state index is 14.5. The van der Waals surface area contributed by atoms with E-state index in [1.165, 1.54) is 4.90 Å². The fourth-order valence-corrected chi connectivity index (χ4v) is 4.79. The summed E-state index contributed by atoms with van der Waals surface area (Å²) in [4.78, 5) is 27.6. The molecule has 42 heavy (non-hydrogen) atoms. The number of nitrogens with one attached hydrogen (secondary N) is 1. The average Bonchev–Trinajstić information content (AvgIpc) is 3.32. The number of alkyl carbamates (subject to hydrolysis) is 1. The van der Waals surface area contributed by atoms with Crippen LogP contribution in [0.5, 0.6) is 0 Å². The average molecular weight is 598 g/mol. The van der Waals surface area contributed by atoms with E-state index in [0.29, 0.717) is 12.1 Å². The van der Waals surface area contributed by atoms with E-state index in [9.17, 15) is 35.9 Å². The van der Waals surface area contributed by atoms with Crippen LogP contribution in [0, 0.1) is 17.5 Å². The molecule has 8 nitrogen and oxygen atoms in total. The number of benzene rings is 2. The van der Waals surface area contributed by atoms with Crippen LogP contribution in [0.2, 0.25) is 0 Å². The summed E-state index contributed by atoms with van der Waals surface area (Å²) in [5, 5.41) is 9.61. The van der Waals surface area contributed by atoms with Crippen molar-refractivity contribution in [2.45, 2.75) is 70.4 Å². The zero-order chi connectivity index (χ0) is 30.8. The lowest BCUT2D eigenvalue weighted by Crippen LogP contribution is -2.48. The molecule has 0 saturated carbocycles. The molecule has 0 bridgehead atoms. The molecule has 2 aromatic carbocycles. The number of aromatic nitrogens is 3. The van der Waals surface area contributed by atoms with Crippen molar-refractivity contribution in [3.8, 4) is 0 Å². The number of ether oxygens (including phenoxy) is 1. The summed E-state index contributed by atoms with van der Waals surface area (Å²) in [5.74, 6) is -5.63. The van der Waals surface area contributed by atoms with Crippen LogP contribution in [-0.2, 0) is 35.1 Å². The van der Waals surface area contributed by atoms with E-state index in [4.69, 9.17) is 4.74 Å². The third-order valence-electron chi connectivity index (χ3n) is 6.56. The first-order chi connectivity index (χ1) is 19.6. The maximum Gasteiger partial charge on any atom is 0.451 e. The molecule has 3 aromatic rings.